The lowest BCUT2D eigenvalue weighted by Gasteiger charge is -2.35. The van der Waals surface area contributed by atoms with Crippen LogP contribution in [-0.2, 0) is 4.79 Å². The molecule has 2 amide bonds. The number of aliphatic imine (C=N–C) groups is 1. The van der Waals surface area contributed by atoms with Gasteiger partial charge in [0.2, 0.25) is 0 Å². The highest BCUT2D eigenvalue weighted by Crippen LogP contribution is 2.31. The number of nitrogens with one attached hydrogen (secondary N) is 2. The van der Waals surface area contributed by atoms with E-state index in [4.69, 9.17) is 5.73 Å². The molecule has 4 rings (SSSR count). The van der Waals surface area contributed by atoms with Gasteiger partial charge in [0.05, 0.1) is 0 Å². The smallest absolute Gasteiger partial charge is 0.254 e. The lowest BCUT2D eigenvalue weighted by Crippen LogP contribution is -2.50. The maximum Gasteiger partial charge on any atom is 0.254 e. The molecular weight excluding hydrogens is 318 g/mol. The molecule has 0 aliphatic carbocycles. The van der Waals surface area contributed by atoms with Crippen molar-refractivity contribution >= 4 is 17.8 Å². The van der Waals surface area contributed by atoms with E-state index < -0.39 is 5.54 Å². The predicted molar refractivity (Wildman–Crippen MR) is 94.3 cm³/mol. The van der Waals surface area contributed by atoms with E-state index in [0.717, 1.165) is 30.6 Å². The fourth-order valence-corrected chi connectivity index (χ4v) is 4.10. The summed E-state index contributed by atoms with van der Waals surface area (Å²) < 4.78 is 0. The Morgan fingerprint density at radius 3 is 2.68 bits per heavy atom. The first-order chi connectivity index (χ1) is 12.1. The monoisotopic (exact) mass is 341 g/mol. The second-order valence-electron chi connectivity index (χ2n) is 7.05. The van der Waals surface area contributed by atoms with Gasteiger partial charge in [0.15, 0.2) is 5.96 Å². The molecular formula is C18H23N5O2. The van der Waals surface area contributed by atoms with Crippen molar-refractivity contribution in [3.63, 3.8) is 0 Å². The van der Waals surface area contributed by atoms with Gasteiger partial charge in [-0.05, 0) is 43.4 Å². The van der Waals surface area contributed by atoms with E-state index in [1.807, 2.05) is 23.1 Å². The van der Waals surface area contributed by atoms with E-state index >= 15 is 0 Å². The molecule has 2 saturated heterocycles. The summed E-state index contributed by atoms with van der Waals surface area (Å²) in [4.78, 5) is 31.3. The molecule has 132 valence electrons. The Morgan fingerprint density at radius 2 is 2.04 bits per heavy atom. The standard InChI is InChI=1S/C18H23N5O2/c19-17-21-16(25)18(22-17)6-9-23(10-7-18)15(24)14-4-2-1-3-13(14)12-5-8-20-11-12/h1-4,12,20H,5-11H2,(H3,19,21,22,25)/t12-/m0/s1. The molecule has 1 atom stereocenters. The first-order valence-electron chi connectivity index (χ1n) is 8.85. The van der Waals surface area contributed by atoms with Crippen LogP contribution in [0.2, 0.25) is 0 Å². The highest BCUT2D eigenvalue weighted by Gasteiger charge is 2.46. The normalized spacial score (nSPS) is 25.1. The van der Waals surface area contributed by atoms with Crippen molar-refractivity contribution in [1.82, 2.24) is 15.5 Å². The van der Waals surface area contributed by atoms with E-state index in [0.29, 0.717) is 31.8 Å². The Labute approximate surface area is 146 Å². The van der Waals surface area contributed by atoms with Gasteiger partial charge < -0.3 is 16.0 Å². The summed E-state index contributed by atoms with van der Waals surface area (Å²) >= 11 is 0. The van der Waals surface area contributed by atoms with Crippen molar-refractivity contribution in [3.8, 4) is 0 Å². The number of hydrogen-bond acceptors (Lipinski definition) is 5. The molecule has 3 aliphatic rings. The minimum atomic E-state index is -0.782. The molecule has 0 radical (unpaired) electrons. The Hall–Kier alpha value is -2.41. The van der Waals surface area contributed by atoms with Crippen LogP contribution in [0.15, 0.2) is 29.3 Å². The zero-order chi connectivity index (χ0) is 17.4. The number of benzene rings is 1. The highest BCUT2D eigenvalue weighted by atomic mass is 16.2. The number of nitrogens with zero attached hydrogens (tertiary/aromatic N) is 2. The molecule has 7 heteroatoms. The zero-order valence-corrected chi connectivity index (χ0v) is 14.1. The first kappa shape index (κ1) is 16.1. The van der Waals surface area contributed by atoms with Crippen LogP contribution in [-0.4, -0.2) is 54.4 Å². The summed E-state index contributed by atoms with van der Waals surface area (Å²) in [6, 6.07) is 7.89. The molecule has 1 aromatic rings. The average molecular weight is 341 g/mol. The van der Waals surface area contributed by atoms with Crippen LogP contribution in [0.1, 0.15) is 41.1 Å². The second-order valence-corrected chi connectivity index (χ2v) is 7.05. The number of rotatable bonds is 2. The Bertz CT molecular complexity index is 731. The van der Waals surface area contributed by atoms with Gasteiger partial charge in [0.25, 0.3) is 11.8 Å². The van der Waals surface area contributed by atoms with E-state index in [-0.39, 0.29) is 17.8 Å². The molecule has 0 saturated carbocycles. The molecule has 0 unspecified atom stereocenters. The molecule has 3 aliphatic heterocycles. The number of likely N-dealkylation sites (tertiary alicyclic amines) is 1. The van der Waals surface area contributed by atoms with Crippen LogP contribution < -0.4 is 16.4 Å². The molecule has 2 fully saturated rings. The molecule has 0 bridgehead atoms. The summed E-state index contributed by atoms with van der Waals surface area (Å²) in [6.07, 6.45) is 2.08. The van der Waals surface area contributed by atoms with Crippen molar-refractivity contribution in [3.05, 3.63) is 35.4 Å². The van der Waals surface area contributed by atoms with Gasteiger partial charge in [-0.2, -0.15) is 0 Å². The quantitative estimate of drug-likeness (QED) is 0.714. The van der Waals surface area contributed by atoms with Gasteiger partial charge in [0, 0.05) is 25.2 Å². The minimum absolute atomic E-state index is 0.0488. The van der Waals surface area contributed by atoms with Gasteiger partial charge in [0.1, 0.15) is 5.54 Å². The Morgan fingerprint density at radius 1 is 1.28 bits per heavy atom. The molecule has 1 aromatic carbocycles. The maximum absolute atomic E-state index is 13.1. The molecule has 3 heterocycles. The zero-order valence-electron chi connectivity index (χ0n) is 14.1. The summed E-state index contributed by atoms with van der Waals surface area (Å²) in [5, 5.41) is 5.94. The SMILES string of the molecule is NC1=NC2(CCN(C(=O)c3ccccc3[C@H]3CCNC3)CC2)C(=O)N1. The summed E-state index contributed by atoms with van der Waals surface area (Å²) in [6.45, 7) is 2.94. The lowest BCUT2D eigenvalue weighted by atomic mass is 9.87. The number of hydrogen-bond donors (Lipinski definition) is 3. The van der Waals surface area contributed by atoms with Gasteiger partial charge in [-0.25, -0.2) is 4.99 Å². The van der Waals surface area contributed by atoms with Crippen molar-refractivity contribution < 1.29 is 9.59 Å². The lowest BCUT2D eigenvalue weighted by molar-refractivity contribution is -0.125. The molecule has 25 heavy (non-hydrogen) atoms. The minimum Gasteiger partial charge on any atom is -0.370 e. The van der Waals surface area contributed by atoms with Crippen LogP contribution >= 0.6 is 0 Å². The number of guanidine groups is 1. The number of piperidine rings is 1. The van der Waals surface area contributed by atoms with E-state index in [1.54, 1.807) is 0 Å². The van der Waals surface area contributed by atoms with Crippen LogP contribution in [0.4, 0.5) is 0 Å². The van der Waals surface area contributed by atoms with Crippen molar-refractivity contribution in [2.45, 2.75) is 30.7 Å². The molecule has 1 spiro atoms. The Balaban J connectivity index is 1.51. The summed E-state index contributed by atoms with van der Waals surface area (Å²) in [7, 11) is 0. The third kappa shape index (κ3) is 2.78. The van der Waals surface area contributed by atoms with E-state index in [9.17, 15) is 9.59 Å². The largest absolute Gasteiger partial charge is 0.370 e. The van der Waals surface area contributed by atoms with Crippen LogP contribution in [0, 0.1) is 0 Å². The van der Waals surface area contributed by atoms with Gasteiger partial charge in [-0.1, -0.05) is 18.2 Å². The van der Waals surface area contributed by atoms with Gasteiger partial charge in [-0.3, -0.25) is 14.9 Å². The topological polar surface area (TPSA) is 99.8 Å². The van der Waals surface area contributed by atoms with E-state index in [2.05, 4.69) is 21.7 Å². The predicted octanol–water partition coefficient (Wildman–Crippen LogP) is 0.183. The average Bonchev–Trinajstić information content (AvgIpc) is 3.24. The third-order valence-electron chi connectivity index (χ3n) is 5.57. The molecule has 4 N–H and O–H groups in total. The van der Waals surface area contributed by atoms with Crippen molar-refractivity contribution in [2.24, 2.45) is 10.7 Å². The fraction of sp³-hybridized carbons (Fsp3) is 0.500. The number of carbonyl (C=O) groups excluding carboxylic acids is 2. The number of carbonyl (C=O) groups is 2. The summed E-state index contributed by atoms with van der Waals surface area (Å²) in [5.41, 5.74) is 6.76. The van der Waals surface area contributed by atoms with Gasteiger partial charge in [-0.15, -0.1) is 0 Å². The van der Waals surface area contributed by atoms with Crippen LogP contribution in [0.5, 0.6) is 0 Å². The second kappa shape index (κ2) is 6.15. The molecule has 0 aromatic heterocycles. The summed E-state index contributed by atoms with van der Waals surface area (Å²) in [5.74, 6) is 0.479. The van der Waals surface area contributed by atoms with Crippen molar-refractivity contribution in [1.29, 1.82) is 0 Å². The van der Waals surface area contributed by atoms with Gasteiger partial charge >= 0.3 is 0 Å². The Kier molecular flexibility index (Phi) is 3.95. The highest BCUT2D eigenvalue weighted by molar-refractivity contribution is 6.07. The number of amides is 2. The van der Waals surface area contributed by atoms with Crippen molar-refractivity contribution in [2.75, 3.05) is 26.2 Å². The fourth-order valence-electron chi connectivity index (χ4n) is 4.10. The van der Waals surface area contributed by atoms with Crippen LogP contribution in [0.3, 0.4) is 0 Å². The van der Waals surface area contributed by atoms with Crippen LogP contribution in [0.25, 0.3) is 0 Å². The number of nitrogens with two attached hydrogens (primary N) is 1. The first-order valence-corrected chi connectivity index (χ1v) is 8.85. The van der Waals surface area contributed by atoms with E-state index in [1.165, 1.54) is 0 Å². The maximum atomic E-state index is 13.1. The molecule has 7 nitrogen and oxygen atoms in total. The third-order valence-corrected chi connectivity index (χ3v) is 5.57.